The lowest BCUT2D eigenvalue weighted by molar-refractivity contribution is 0.288. The Hall–Kier alpha value is -0.400. The first-order valence-electron chi connectivity index (χ1n) is 7.90. The van der Waals surface area contributed by atoms with Gasteiger partial charge in [-0.1, -0.05) is 66.0 Å². The number of alkyl halides is 1. The van der Waals surface area contributed by atoms with E-state index in [0.717, 1.165) is 27.5 Å². The molecule has 0 amide bonds. The number of aliphatic hydroxyl groups is 2. The largest absolute Gasteiger partial charge is 0.399 e. The minimum atomic E-state index is 0.236. The van der Waals surface area contributed by atoms with Gasteiger partial charge in [-0.25, -0.2) is 0 Å². The Morgan fingerprint density at radius 2 is 1.40 bits per heavy atom. The van der Waals surface area contributed by atoms with Gasteiger partial charge in [0.15, 0.2) is 0 Å². The van der Waals surface area contributed by atoms with Gasteiger partial charge in [0.25, 0.3) is 0 Å². The number of benzene rings is 2. The zero-order valence-electron chi connectivity index (χ0n) is 14.6. The molecule has 0 heterocycles. The third-order valence-electron chi connectivity index (χ3n) is 3.14. The summed E-state index contributed by atoms with van der Waals surface area (Å²) in [5.41, 5.74) is 10.0. The summed E-state index contributed by atoms with van der Waals surface area (Å²) >= 11 is 9.84. The maximum Gasteiger partial charge on any atom is 0.0528 e. The second kappa shape index (κ2) is 14.7. The van der Waals surface area contributed by atoms with Crippen molar-refractivity contribution in [3.05, 3.63) is 62.0 Å². The number of halogens is 3. The zero-order valence-corrected chi connectivity index (χ0v) is 19.4. The number of aliphatic hydroxyl groups excluding tert-OH is 2. The van der Waals surface area contributed by atoms with Gasteiger partial charge >= 0.3 is 0 Å². The molecule has 2 aromatic rings. The van der Waals surface area contributed by atoms with Crippen molar-refractivity contribution in [1.82, 2.24) is 0 Å². The van der Waals surface area contributed by atoms with Crippen LogP contribution < -0.4 is 5.73 Å². The molecule has 0 saturated carbocycles. The van der Waals surface area contributed by atoms with Crippen molar-refractivity contribution in [1.29, 1.82) is 0 Å². The number of aryl methyl sites for hydroxylation is 3. The summed E-state index contributed by atoms with van der Waals surface area (Å²) in [6.45, 7) is 4.61. The van der Waals surface area contributed by atoms with Gasteiger partial charge in [-0.2, -0.15) is 0 Å². The van der Waals surface area contributed by atoms with E-state index in [9.17, 15) is 0 Å². The van der Waals surface area contributed by atoms with Crippen LogP contribution in [0.3, 0.4) is 0 Å². The monoisotopic (exact) mass is 537 g/mol. The Labute approximate surface area is 176 Å². The van der Waals surface area contributed by atoms with Gasteiger partial charge in [0.1, 0.15) is 0 Å². The van der Waals surface area contributed by atoms with E-state index in [1.165, 1.54) is 16.7 Å². The smallest absolute Gasteiger partial charge is 0.0528 e. The van der Waals surface area contributed by atoms with E-state index in [2.05, 4.69) is 72.9 Å². The van der Waals surface area contributed by atoms with Gasteiger partial charge in [-0.15, -0.1) is 0 Å². The van der Waals surface area contributed by atoms with Crippen molar-refractivity contribution in [2.45, 2.75) is 26.7 Å². The topological polar surface area (TPSA) is 66.5 Å². The Balaban J connectivity index is 0.000000391. The quantitative estimate of drug-likeness (QED) is 0.360. The number of hydrogen-bond acceptors (Lipinski definition) is 3. The van der Waals surface area contributed by atoms with Crippen molar-refractivity contribution < 1.29 is 10.2 Å². The van der Waals surface area contributed by atoms with E-state index in [4.69, 9.17) is 15.9 Å². The van der Waals surface area contributed by atoms with Crippen LogP contribution in [0.15, 0.2) is 45.3 Å². The van der Waals surface area contributed by atoms with Crippen LogP contribution in [-0.2, 0) is 6.42 Å². The van der Waals surface area contributed by atoms with E-state index in [1.807, 2.05) is 25.1 Å². The summed E-state index contributed by atoms with van der Waals surface area (Å²) in [7, 11) is 0. The molecule has 0 radical (unpaired) electrons. The highest BCUT2D eigenvalue weighted by Crippen LogP contribution is 2.18. The van der Waals surface area contributed by atoms with Gasteiger partial charge < -0.3 is 15.9 Å². The Morgan fingerprint density at radius 1 is 0.880 bits per heavy atom. The minimum absolute atomic E-state index is 0.236. The van der Waals surface area contributed by atoms with Crippen molar-refractivity contribution in [3.8, 4) is 0 Å². The van der Waals surface area contributed by atoms with Gasteiger partial charge in [-0.05, 0) is 61.6 Å². The molecule has 0 aliphatic carbocycles. The Bertz CT molecular complexity index is 620. The van der Waals surface area contributed by atoms with Crippen LogP contribution in [0.25, 0.3) is 0 Å². The molecule has 2 aromatic carbocycles. The van der Waals surface area contributed by atoms with Crippen molar-refractivity contribution in [3.63, 3.8) is 0 Å². The van der Waals surface area contributed by atoms with Crippen LogP contribution in [0.5, 0.6) is 0 Å². The van der Waals surface area contributed by atoms with E-state index < -0.39 is 0 Å². The molecule has 3 nitrogen and oxygen atoms in total. The second-order valence-corrected chi connectivity index (χ2v) is 7.83. The van der Waals surface area contributed by atoms with Crippen LogP contribution >= 0.6 is 47.8 Å². The van der Waals surface area contributed by atoms with E-state index in [-0.39, 0.29) is 13.2 Å². The maximum absolute atomic E-state index is 8.64. The molecule has 0 unspecified atom stereocenters. The van der Waals surface area contributed by atoms with Crippen molar-refractivity contribution in [2.24, 2.45) is 0 Å². The van der Waals surface area contributed by atoms with Gasteiger partial charge in [0.2, 0.25) is 0 Å². The molecule has 4 N–H and O–H groups in total. The number of nitrogens with two attached hydrogens (primary N) is 1. The molecule has 6 heteroatoms. The molecule has 0 saturated heterocycles. The van der Waals surface area contributed by atoms with Crippen LogP contribution in [0.1, 0.15) is 23.1 Å². The van der Waals surface area contributed by atoms with Crippen LogP contribution in [0.4, 0.5) is 5.69 Å². The second-order valence-electron chi connectivity index (χ2n) is 5.33. The van der Waals surface area contributed by atoms with E-state index in [1.54, 1.807) is 0 Å². The first-order chi connectivity index (χ1) is 11.8. The van der Waals surface area contributed by atoms with Crippen molar-refractivity contribution >= 4 is 53.5 Å². The normalized spacial score (nSPS) is 9.56. The number of rotatable bonds is 4. The number of nitrogen functional groups attached to an aromatic ring is 1. The van der Waals surface area contributed by atoms with E-state index in [0.29, 0.717) is 5.33 Å². The summed E-state index contributed by atoms with van der Waals surface area (Å²) in [6.07, 6.45) is 1.80. The van der Waals surface area contributed by atoms with Gasteiger partial charge in [-0.3, -0.25) is 0 Å². The predicted molar refractivity (Wildman–Crippen MR) is 118 cm³/mol. The summed E-state index contributed by atoms with van der Waals surface area (Å²) < 4.78 is 2.22. The highest BCUT2D eigenvalue weighted by atomic mass is 79.9. The molecule has 140 valence electrons. The Kier molecular flexibility index (Phi) is 14.5. The maximum atomic E-state index is 8.64. The van der Waals surface area contributed by atoms with Crippen LogP contribution in [-0.4, -0.2) is 28.8 Å². The minimum Gasteiger partial charge on any atom is -0.399 e. The highest BCUT2D eigenvalue weighted by molar-refractivity contribution is 9.10. The molecule has 0 spiro atoms. The third-order valence-corrected chi connectivity index (χ3v) is 5.20. The molecule has 0 atom stereocenters. The highest BCUT2D eigenvalue weighted by Gasteiger charge is 1.96. The first-order valence-corrected chi connectivity index (χ1v) is 10.6. The molecule has 2 rings (SSSR count). The molecule has 25 heavy (non-hydrogen) atoms. The fourth-order valence-corrected chi connectivity index (χ4v) is 2.51. The lowest BCUT2D eigenvalue weighted by Gasteiger charge is -2.02. The fraction of sp³-hybridized carbons (Fsp3) is 0.368. The molecule has 0 aliphatic heterocycles. The molecular weight excluding hydrogens is 514 g/mol. The molecule has 0 bridgehead atoms. The number of anilines is 1. The zero-order chi connectivity index (χ0) is 19.2. The lowest BCUT2D eigenvalue weighted by Crippen LogP contribution is -1.89. The summed E-state index contributed by atoms with van der Waals surface area (Å²) in [6, 6.07) is 12.1. The summed E-state index contributed by atoms with van der Waals surface area (Å²) in [4.78, 5) is 0. The summed E-state index contributed by atoms with van der Waals surface area (Å²) in [5, 5.41) is 17.2. The van der Waals surface area contributed by atoms with Crippen LogP contribution in [0, 0.1) is 13.8 Å². The van der Waals surface area contributed by atoms with Crippen LogP contribution in [0.2, 0.25) is 0 Å². The summed E-state index contributed by atoms with van der Waals surface area (Å²) in [5.74, 6) is 0. The standard InChI is InChI=1S/C10H13BrO.C7H8BrN.C2H5BrO/c1-8-4-5-9(3-2-6-12)7-10(8)11;1-5-2-3-6(9)4-7(5)8;3-1-2-4/h4-5,7,12H,2-3,6H2,1H3;2-4H,9H2,1H3;4H,1-2H2. The predicted octanol–water partition coefficient (Wildman–Crippen LogP) is 5.40. The van der Waals surface area contributed by atoms with Gasteiger partial charge in [0.05, 0.1) is 6.61 Å². The first kappa shape index (κ1) is 24.6. The average Bonchev–Trinajstić information content (AvgIpc) is 2.60. The molecule has 0 aliphatic rings. The van der Waals surface area contributed by atoms with Crippen molar-refractivity contribution in [2.75, 3.05) is 24.3 Å². The molecular formula is C19H26Br3NO2. The fourth-order valence-electron chi connectivity index (χ4n) is 1.68. The molecule has 0 fully saturated rings. The molecule has 0 aromatic heterocycles. The average molecular weight is 540 g/mol. The third kappa shape index (κ3) is 11.8. The Morgan fingerprint density at radius 3 is 1.80 bits per heavy atom. The lowest BCUT2D eigenvalue weighted by atomic mass is 10.1. The van der Waals surface area contributed by atoms with E-state index >= 15 is 0 Å². The van der Waals surface area contributed by atoms with Gasteiger partial charge in [0, 0.05) is 26.6 Å². The number of hydrogen-bond donors (Lipinski definition) is 3. The SMILES string of the molecule is Cc1ccc(CCCO)cc1Br.Cc1ccc(N)cc1Br.OCCBr.